The van der Waals surface area contributed by atoms with Gasteiger partial charge in [-0.25, -0.2) is 4.98 Å². The van der Waals surface area contributed by atoms with Crippen LogP contribution in [0, 0.1) is 6.92 Å². The summed E-state index contributed by atoms with van der Waals surface area (Å²) >= 11 is 0. The number of carbonyl (C=O) groups excluding carboxylic acids is 1. The summed E-state index contributed by atoms with van der Waals surface area (Å²) in [6, 6.07) is 0.169. The lowest BCUT2D eigenvalue weighted by Gasteiger charge is -2.31. The van der Waals surface area contributed by atoms with Crippen LogP contribution in [0.2, 0.25) is 0 Å². The summed E-state index contributed by atoms with van der Waals surface area (Å²) in [5, 5.41) is 4.38. The normalized spacial score (nSPS) is 20.5. The van der Waals surface area contributed by atoms with Gasteiger partial charge in [-0.1, -0.05) is 0 Å². The number of carbonyl (C=O) groups is 1. The van der Waals surface area contributed by atoms with Crippen molar-refractivity contribution in [2.45, 2.75) is 25.8 Å². The number of imidazole rings is 1. The zero-order chi connectivity index (χ0) is 13.7. The summed E-state index contributed by atoms with van der Waals surface area (Å²) in [7, 11) is 3.72. The van der Waals surface area contributed by atoms with Crippen LogP contribution in [0.3, 0.4) is 0 Å². The minimum Gasteiger partial charge on any atom is -0.369 e. The number of nitrogen functional groups attached to an aromatic ring is 1. The van der Waals surface area contributed by atoms with Crippen molar-refractivity contribution in [2.75, 3.05) is 19.3 Å². The lowest BCUT2D eigenvalue weighted by atomic mass is 10.1. The van der Waals surface area contributed by atoms with Crippen molar-refractivity contribution >= 4 is 23.0 Å². The maximum atomic E-state index is 11.6. The molecule has 102 valence electrons. The van der Waals surface area contributed by atoms with Crippen LogP contribution in [-0.2, 0) is 11.8 Å². The molecule has 1 fully saturated rings. The Hall–Kier alpha value is -2.05. The molecule has 3 heterocycles. The van der Waals surface area contributed by atoms with Crippen molar-refractivity contribution in [3.05, 3.63) is 5.69 Å². The van der Waals surface area contributed by atoms with E-state index < -0.39 is 0 Å². The number of hydrogen-bond donors (Lipinski definition) is 1. The molecule has 1 aliphatic rings. The molecule has 2 aromatic rings. The molecule has 1 aliphatic heterocycles. The largest absolute Gasteiger partial charge is 0.369 e. The summed E-state index contributed by atoms with van der Waals surface area (Å²) in [6.45, 7) is 2.59. The highest BCUT2D eigenvalue weighted by Crippen LogP contribution is 2.29. The molecular weight excluding hydrogens is 244 g/mol. The second-order valence-corrected chi connectivity index (χ2v) is 5.19. The van der Waals surface area contributed by atoms with E-state index in [9.17, 15) is 4.79 Å². The molecule has 1 unspecified atom stereocenters. The number of aromatic nitrogens is 4. The number of rotatable bonds is 1. The van der Waals surface area contributed by atoms with Gasteiger partial charge in [-0.05, 0) is 13.3 Å². The van der Waals surface area contributed by atoms with Gasteiger partial charge >= 0.3 is 0 Å². The van der Waals surface area contributed by atoms with Crippen molar-refractivity contribution in [2.24, 2.45) is 7.05 Å². The Labute approximate surface area is 111 Å². The molecule has 0 aliphatic carbocycles. The highest BCUT2D eigenvalue weighted by molar-refractivity contribution is 5.79. The van der Waals surface area contributed by atoms with E-state index in [1.54, 1.807) is 4.90 Å². The minimum atomic E-state index is 0.169. The van der Waals surface area contributed by atoms with Crippen molar-refractivity contribution in [1.82, 2.24) is 24.2 Å². The highest BCUT2D eigenvalue weighted by Gasteiger charge is 2.28. The van der Waals surface area contributed by atoms with Crippen LogP contribution in [0.25, 0.3) is 11.2 Å². The summed E-state index contributed by atoms with van der Waals surface area (Å²) < 4.78 is 3.82. The average Bonchev–Trinajstić information content (AvgIpc) is 2.82. The van der Waals surface area contributed by atoms with E-state index in [0.717, 1.165) is 23.3 Å². The maximum Gasteiger partial charge on any atom is 0.222 e. The lowest BCUT2D eigenvalue weighted by Crippen LogP contribution is -2.38. The molecular formula is C12H18N6O. The molecule has 0 radical (unpaired) electrons. The smallest absolute Gasteiger partial charge is 0.222 e. The van der Waals surface area contributed by atoms with Crippen LogP contribution in [0.1, 0.15) is 24.6 Å². The number of fused-ring (bicyclic) bond motifs is 1. The third-order valence-electron chi connectivity index (χ3n) is 3.83. The van der Waals surface area contributed by atoms with Gasteiger partial charge in [0.25, 0.3) is 0 Å². The van der Waals surface area contributed by atoms with E-state index in [-0.39, 0.29) is 11.9 Å². The van der Waals surface area contributed by atoms with Crippen molar-refractivity contribution in [3.63, 3.8) is 0 Å². The van der Waals surface area contributed by atoms with E-state index in [2.05, 4.69) is 10.1 Å². The average molecular weight is 262 g/mol. The fraction of sp³-hybridized carbons (Fsp3) is 0.583. The molecule has 2 aromatic heterocycles. The second-order valence-electron chi connectivity index (χ2n) is 5.19. The monoisotopic (exact) mass is 262 g/mol. The second kappa shape index (κ2) is 3.97. The van der Waals surface area contributed by atoms with Gasteiger partial charge in [0.05, 0.1) is 11.7 Å². The molecule has 7 nitrogen and oxygen atoms in total. The van der Waals surface area contributed by atoms with Gasteiger partial charge in [0.1, 0.15) is 5.52 Å². The van der Waals surface area contributed by atoms with E-state index in [1.165, 1.54) is 0 Å². The van der Waals surface area contributed by atoms with E-state index in [0.29, 0.717) is 18.9 Å². The first kappa shape index (κ1) is 12.0. The summed E-state index contributed by atoms with van der Waals surface area (Å²) in [4.78, 5) is 17.7. The SMILES string of the molecule is Cc1nn(C)c2c1nc(N)n2C1CCC(=O)N(C)C1. The predicted octanol–water partition coefficient (Wildman–Crippen LogP) is 0.454. The van der Waals surface area contributed by atoms with E-state index in [1.807, 2.05) is 30.3 Å². The van der Waals surface area contributed by atoms with E-state index >= 15 is 0 Å². The number of piperidine rings is 1. The zero-order valence-corrected chi connectivity index (χ0v) is 11.4. The third-order valence-corrected chi connectivity index (χ3v) is 3.83. The van der Waals surface area contributed by atoms with Gasteiger partial charge < -0.3 is 10.6 Å². The fourth-order valence-electron chi connectivity index (χ4n) is 2.87. The predicted molar refractivity (Wildman–Crippen MR) is 71.6 cm³/mol. The highest BCUT2D eigenvalue weighted by atomic mass is 16.2. The molecule has 1 atom stereocenters. The molecule has 0 bridgehead atoms. The number of nitrogens with two attached hydrogens (primary N) is 1. The molecule has 2 N–H and O–H groups in total. The van der Waals surface area contributed by atoms with Crippen LogP contribution < -0.4 is 5.73 Å². The molecule has 0 spiro atoms. The molecule has 19 heavy (non-hydrogen) atoms. The van der Waals surface area contributed by atoms with Gasteiger partial charge in [0.15, 0.2) is 5.65 Å². The van der Waals surface area contributed by atoms with Crippen LogP contribution in [0.5, 0.6) is 0 Å². The number of nitrogens with zero attached hydrogens (tertiary/aromatic N) is 5. The number of hydrogen-bond acceptors (Lipinski definition) is 4. The topological polar surface area (TPSA) is 82.0 Å². The fourth-order valence-corrected chi connectivity index (χ4v) is 2.87. The van der Waals surface area contributed by atoms with Crippen LogP contribution in [0.15, 0.2) is 0 Å². The Morgan fingerprint density at radius 1 is 1.37 bits per heavy atom. The minimum absolute atomic E-state index is 0.169. The zero-order valence-electron chi connectivity index (χ0n) is 11.4. The molecule has 1 amide bonds. The first-order valence-corrected chi connectivity index (χ1v) is 6.40. The van der Waals surface area contributed by atoms with E-state index in [4.69, 9.17) is 5.73 Å². The Morgan fingerprint density at radius 2 is 2.11 bits per heavy atom. The van der Waals surface area contributed by atoms with Crippen LogP contribution in [0.4, 0.5) is 5.95 Å². The summed E-state index contributed by atoms with van der Waals surface area (Å²) in [5.74, 6) is 0.686. The van der Waals surface area contributed by atoms with Gasteiger partial charge in [-0.3, -0.25) is 14.0 Å². The number of likely N-dealkylation sites (N-methyl/N-ethyl adjacent to an activating group) is 1. The van der Waals surface area contributed by atoms with Gasteiger partial charge in [0, 0.05) is 27.1 Å². The number of likely N-dealkylation sites (tertiary alicyclic amines) is 1. The standard InChI is InChI=1S/C12H18N6O/c1-7-10-11(17(3)15-7)18(12(13)14-10)8-4-5-9(19)16(2)6-8/h8H,4-6H2,1-3H3,(H2,13,14). The van der Waals surface area contributed by atoms with Crippen molar-refractivity contribution in [3.8, 4) is 0 Å². The third kappa shape index (κ3) is 1.68. The Balaban J connectivity index is 2.09. The maximum absolute atomic E-state index is 11.6. The molecule has 3 rings (SSSR count). The van der Waals surface area contributed by atoms with Crippen LogP contribution >= 0.6 is 0 Å². The van der Waals surface area contributed by atoms with Crippen LogP contribution in [-0.4, -0.2) is 43.7 Å². The molecule has 0 aromatic carbocycles. The molecule has 0 saturated carbocycles. The van der Waals surface area contributed by atoms with Gasteiger partial charge in [-0.15, -0.1) is 0 Å². The first-order chi connectivity index (χ1) is 8.99. The Kier molecular flexibility index (Phi) is 2.51. The Morgan fingerprint density at radius 3 is 2.79 bits per heavy atom. The van der Waals surface area contributed by atoms with Gasteiger partial charge in [0.2, 0.25) is 11.9 Å². The first-order valence-electron chi connectivity index (χ1n) is 6.40. The number of aryl methyl sites for hydroxylation is 2. The Bertz CT molecular complexity index is 655. The summed E-state index contributed by atoms with van der Waals surface area (Å²) in [6.07, 6.45) is 1.35. The number of amides is 1. The van der Waals surface area contributed by atoms with Crippen molar-refractivity contribution in [1.29, 1.82) is 0 Å². The van der Waals surface area contributed by atoms with Crippen molar-refractivity contribution < 1.29 is 4.79 Å². The quantitative estimate of drug-likeness (QED) is 0.809. The summed E-state index contributed by atoms with van der Waals surface area (Å²) in [5.41, 5.74) is 8.71. The lowest BCUT2D eigenvalue weighted by molar-refractivity contribution is -0.132. The number of anilines is 1. The molecule has 7 heteroatoms. The van der Waals surface area contributed by atoms with Gasteiger partial charge in [-0.2, -0.15) is 5.10 Å². The molecule has 1 saturated heterocycles.